The van der Waals surface area contributed by atoms with Crippen LogP contribution in [0.5, 0.6) is 17.2 Å². The number of benzene rings is 2. The smallest absolute Gasteiger partial charge is 0.350 e. The summed E-state index contributed by atoms with van der Waals surface area (Å²) in [7, 11) is 1.52. The lowest BCUT2D eigenvalue weighted by atomic mass is 9.95. The van der Waals surface area contributed by atoms with Crippen LogP contribution in [-0.4, -0.2) is 54.7 Å². The second-order valence-electron chi connectivity index (χ2n) is 9.02. The Bertz CT molecular complexity index is 1480. The van der Waals surface area contributed by atoms with Crippen LogP contribution in [0.2, 0.25) is 0 Å². The van der Waals surface area contributed by atoms with Crippen molar-refractivity contribution in [3.63, 3.8) is 0 Å². The minimum atomic E-state index is -1.07. The molecule has 1 aliphatic heterocycles. The predicted molar refractivity (Wildman–Crippen MR) is 154 cm³/mol. The van der Waals surface area contributed by atoms with Gasteiger partial charge in [0.25, 0.3) is 5.78 Å². The van der Waals surface area contributed by atoms with Gasteiger partial charge in [0, 0.05) is 5.56 Å². The van der Waals surface area contributed by atoms with Crippen molar-refractivity contribution in [2.24, 2.45) is 0 Å². The summed E-state index contributed by atoms with van der Waals surface area (Å²) in [5.41, 5.74) is 1.04. The number of anilines is 1. The molecule has 216 valence electrons. The number of esters is 1. The number of ketones is 1. The van der Waals surface area contributed by atoms with Crippen LogP contribution in [0, 0.1) is 6.92 Å². The molecule has 1 amide bonds. The molecular weight excluding hydrogens is 548 g/mol. The molecule has 1 atom stereocenters. The summed E-state index contributed by atoms with van der Waals surface area (Å²) in [6.07, 6.45) is 0.793. The molecule has 1 unspecified atom stereocenters. The highest BCUT2D eigenvalue weighted by atomic mass is 32.1. The molecular formula is C30H32N2O8S. The second-order valence-corrected chi connectivity index (χ2v) is 9.99. The Kier molecular flexibility index (Phi) is 9.28. The quantitative estimate of drug-likeness (QED) is 0.136. The van der Waals surface area contributed by atoms with Crippen LogP contribution in [0.15, 0.2) is 48.0 Å². The number of aliphatic hydroxyl groups is 1. The lowest BCUT2D eigenvalue weighted by molar-refractivity contribution is -0.132. The second kappa shape index (κ2) is 12.9. The first kappa shape index (κ1) is 29.6. The van der Waals surface area contributed by atoms with Crippen LogP contribution in [0.3, 0.4) is 0 Å². The summed E-state index contributed by atoms with van der Waals surface area (Å²) in [4.78, 5) is 45.5. The van der Waals surface area contributed by atoms with Gasteiger partial charge in [-0.25, -0.2) is 9.78 Å². The number of nitrogens with zero attached hydrogens (tertiary/aromatic N) is 2. The molecule has 1 aliphatic rings. The third-order valence-electron chi connectivity index (χ3n) is 6.31. The molecule has 41 heavy (non-hydrogen) atoms. The fourth-order valence-corrected chi connectivity index (χ4v) is 5.40. The highest BCUT2D eigenvalue weighted by molar-refractivity contribution is 7.17. The Morgan fingerprint density at radius 3 is 2.39 bits per heavy atom. The third kappa shape index (κ3) is 5.90. The lowest BCUT2D eigenvalue weighted by Gasteiger charge is -2.24. The first-order chi connectivity index (χ1) is 19.7. The minimum absolute atomic E-state index is 0.121. The van der Waals surface area contributed by atoms with E-state index in [2.05, 4.69) is 4.98 Å². The molecule has 2 aromatic carbocycles. The number of ether oxygens (including phenoxy) is 4. The summed E-state index contributed by atoms with van der Waals surface area (Å²) in [5.74, 6) is -1.21. The van der Waals surface area contributed by atoms with Crippen molar-refractivity contribution in [1.29, 1.82) is 0 Å². The first-order valence-electron chi connectivity index (χ1n) is 13.2. The average molecular weight is 581 g/mol. The summed E-state index contributed by atoms with van der Waals surface area (Å²) < 4.78 is 22.0. The van der Waals surface area contributed by atoms with Crippen molar-refractivity contribution in [2.45, 2.75) is 40.2 Å². The van der Waals surface area contributed by atoms with E-state index >= 15 is 0 Å². The van der Waals surface area contributed by atoms with Gasteiger partial charge in [-0.15, -0.1) is 0 Å². The summed E-state index contributed by atoms with van der Waals surface area (Å²) in [6.45, 7) is 8.14. The Balaban J connectivity index is 1.92. The van der Waals surface area contributed by atoms with Crippen LogP contribution >= 0.6 is 11.3 Å². The number of aliphatic hydroxyl groups excluding tert-OH is 1. The minimum Gasteiger partial charge on any atom is -0.507 e. The molecule has 1 N–H and O–H groups in total. The van der Waals surface area contributed by atoms with Crippen LogP contribution in [0.25, 0.3) is 5.76 Å². The SMILES string of the molecule is CCCOc1ccc(C2/C(=C(\O)c3ccc(OC)cc3)C(=O)C(=O)N2c2nc(C)c(C(=O)OCC)s2)cc1OCC. The molecule has 1 aromatic heterocycles. The van der Waals surface area contributed by atoms with E-state index in [1.165, 1.54) is 12.0 Å². The summed E-state index contributed by atoms with van der Waals surface area (Å²) in [6, 6.07) is 10.5. The van der Waals surface area contributed by atoms with E-state index in [4.69, 9.17) is 18.9 Å². The molecule has 0 bridgehead atoms. The Hall–Kier alpha value is -4.38. The molecule has 3 aromatic rings. The van der Waals surface area contributed by atoms with Crippen molar-refractivity contribution in [3.05, 3.63) is 69.7 Å². The predicted octanol–water partition coefficient (Wildman–Crippen LogP) is 5.45. The number of aromatic nitrogens is 1. The molecule has 10 nitrogen and oxygen atoms in total. The number of rotatable bonds is 11. The monoisotopic (exact) mass is 580 g/mol. The standard InChI is InChI=1S/C30H32N2O8S/c1-6-15-40-21-14-11-19(16-22(21)38-7-2)24-23(25(33)18-9-12-20(37-5)13-10-18)26(34)28(35)32(24)30-31-17(4)27(41-30)29(36)39-8-3/h9-14,16,24,33H,6-8,15H2,1-5H3/b25-23+. The fourth-order valence-electron chi connectivity index (χ4n) is 4.42. The number of hydrogen-bond acceptors (Lipinski definition) is 10. The van der Waals surface area contributed by atoms with Crippen molar-refractivity contribution < 1.29 is 38.4 Å². The van der Waals surface area contributed by atoms with Crippen molar-refractivity contribution in [3.8, 4) is 17.2 Å². The number of aryl methyl sites for hydroxylation is 1. The van der Waals surface area contributed by atoms with Gasteiger partial charge in [-0.05, 0) is 69.2 Å². The van der Waals surface area contributed by atoms with Crippen LogP contribution in [-0.2, 0) is 14.3 Å². The highest BCUT2D eigenvalue weighted by Crippen LogP contribution is 2.45. The Morgan fingerprint density at radius 2 is 1.76 bits per heavy atom. The van der Waals surface area contributed by atoms with E-state index < -0.39 is 23.7 Å². The van der Waals surface area contributed by atoms with Gasteiger partial charge < -0.3 is 24.1 Å². The zero-order valence-corrected chi connectivity index (χ0v) is 24.4. The molecule has 0 aliphatic carbocycles. The molecule has 1 fully saturated rings. The van der Waals surface area contributed by atoms with Gasteiger partial charge in [0.2, 0.25) is 0 Å². The molecule has 4 rings (SSSR count). The van der Waals surface area contributed by atoms with Gasteiger partial charge in [0.05, 0.1) is 44.2 Å². The van der Waals surface area contributed by atoms with Gasteiger partial charge in [-0.3, -0.25) is 14.5 Å². The van der Waals surface area contributed by atoms with Gasteiger partial charge >= 0.3 is 11.9 Å². The van der Waals surface area contributed by atoms with Gasteiger partial charge in [0.1, 0.15) is 16.4 Å². The Morgan fingerprint density at radius 1 is 1.02 bits per heavy atom. The number of amides is 1. The van der Waals surface area contributed by atoms with E-state index in [1.54, 1.807) is 56.3 Å². The van der Waals surface area contributed by atoms with Crippen LogP contribution in [0.4, 0.5) is 5.13 Å². The third-order valence-corrected chi connectivity index (χ3v) is 7.44. The van der Waals surface area contributed by atoms with E-state index in [0.717, 1.165) is 17.8 Å². The van der Waals surface area contributed by atoms with E-state index in [-0.39, 0.29) is 27.9 Å². The normalized spacial score (nSPS) is 16.1. The van der Waals surface area contributed by atoms with Gasteiger partial charge in [0.15, 0.2) is 16.6 Å². The summed E-state index contributed by atoms with van der Waals surface area (Å²) >= 11 is 0.943. The van der Waals surface area contributed by atoms with Crippen molar-refractivity contribution >= 4 is 39.9 Å². The van der Waals surface area contributed by atoms with Crippen molar-refractivity contribution in [1.82, 2.24) is 4.98 Å². The first-order valence-corrected chi connectivity index (χ1v) is 14.1. The number of thiazole rings is 1. The van der Waals surface area contributed by atoms with Gasteiger partial charge in [-0.1, -0.05) is 24.3 Å². The fraction of sp³-hybridized carbons (Fsp3) is 0.333. The van der Waals surface area contributed by atoms with E-state index in [1.807, 2.05) is 13.8 Å². The Labute approximate surface area is 242 Å². The lowest BCUT2D eigenvalue weighted by Crippen LogP contribution is -2.29. The van der Waals surface area contributed by atoms with Crippen molar-refractivity contribution in [2.75, 3.05) is 31.8 Å². The maximum atomic E-state index is 13.6. The average Bonchev–Trinajstić information content (AvgIpc) is 3.48. The van der Waals surface area contributed by atoms with E-state index in [9.17, 15) is 19.5 Å². The number of carbonyl (C=O) groups is 3. The largest absolute Gasteiger partial charge is 0.507 e. The maximum Gasteiger partial charge on any atom is 0.350 e. The molecule has 0 spiro atoms. The number of carbonyl (C=O) groups excluding carboxylic acids is 3. The zero-order chi connectivity index (χ0) is 29.7. The van der Waals surface area contributed by atoms with Crippen LogP contribution < -0.4 is 19.1 Å². The van der Waals surface area contributed by atoms with Gasteiger partial charge in [-0.2, -0.15) is 0 Å². The molecule has 11 heteroatoms. The molecule has 2 heterocycles. The number of methoxy groups -OCH3 is 1. The highest BCUT2D eigenvalue weighted by Gasteiger charge is 2.48. The zero-order valence-electron chi connectivity index (χ0n) is 23.6. The number of Topliss-reactive ketones (excluding diaryl/α,β-unsaturated/α-hetero) is 1. The topological polar surface area (TPSA) is 124 Å². The maximum absolute atomic E-state index is 13.6. The molecule has 0 saturated carbocycles. The molecule has 0 radical (unpaired) electrons. The summed E-state index contributed by atoms with van der Waals surface area (Å²) in [5, 5.41) is 11.5. The molecule has 1 saturated heterocycles. The van der Waals surface area contributed by atoms with Crippen LogP contribution in [0.1, 0.15) is 59.7 Å². The number of hydrogen-bond donors (Lipinski definition) is 1. The van der Waals surface area contributed by atoms with E-state index in [0.29, 0.717) is 47.3 Å².